The van der Waals surface area contributed by atoms with Gasteiger partial charge in [-0.05, 0) is 30.7 Å². The van der Waals surface area contributed by atoms with E-state index >= 15 is 0 Å². The predicted molar refractivity (Wildman–Crippen MR) is 71.0 cm³/mol. The zero-order valence-corrected chi connectivity index (χ0v) is 11.0. The first-order valence-electron chi connectivity index (χ1n) is 6.46. The van der Waals surface area contributed by atoms with E-state index in [0.29, 0.717) is 23.6 Å². The second-order valence-electron chi connectivity index (χ2n) is 5.06. The van der Waals surface area contributed by atoms with Gasteiger partial charge in [0.25, 0.3) is 0 Å². The molecule has 0 unspecified atom stereocenters. The standard InChI is InChI=1S/C13H18N2O2S/c14-13(16)9-3-6-18-12(9)10-7-11(10)15-8-1-4-17-5-2-8/h3,6,8,10-11,15H,1-2,4-5,7H2,(H2,14,16)/t10-,11-/m1/s1. The molecule has 2 atom stereocenters. The number of thiophene rings is 1. The molecule has 3 rings (SSSR count). The number of primary amides is 1. The molecule has 4 nitrogen and oxygen atoms in total. The smallest absolute Gasteiger partial charge is 0.249 e. The third kappa shape index (κ3) is 2.43. The van der Waals surface area contributed by atoms with Crippen LogP contribution in [0.5, 0.6) is 0 Å². The number of amides is 1. The van der Waals surface area contributed by atoms with Crippen molar-refractivity contribution in [3.8, 4) is 0 Å². The van der Waals surface area contributed by atoms with Gasteiger partial charge in [-0.15, -0.1) is 11.3 Å². The molecule has 1 aromatic heterocycles. The number of nitrogens with one attached hydrogen (secondary N) is 1. The Bertz CT molecular complexity index is 440. The van der Waals surface area contributed by atoms with Crippen LogP contribution in [0.25, 0.3) is 0 Å². The summed E-state index contributed by atoms with van der Waals surface area (Å²) in [5.74, 6) is 0.179. The quantitative estimate of drug-likeness (QED) is 0.867. The van der Waals surface area contributed by atoms with Crippen LogP contribution in [0, 0.1) is 0 Å². The molecule has 1 aliphatic carbocycles. The summed E-state index contributed by atoms with van der Waals surface area (Å²) in [4.78, 5) is 12.5. The average Bonchev–Trinajstić information content (AvgIpc) is 2.94. The molecular formula is C13H18N2O2S. The first-order chi connectivity index (χ1) is 8.75. The maximum Gasteiger partial charge on any atom is 0.249 e. The van der Waals surface area contributed by atoms with E-state index < -0.39 is 0 Å². The topological polar surface area (TPSA) is 64.4 Å². The lowest BCUT2D eigenvalue weighted by molar-refractivity contribution is 0.0774. The molecule has 5 heteroatoms. The molecule has 1 aromatic rings. The normalized spacial score (nSPS) is 28.2. The summed E-state index contributed by atoms with van der Waals surface area (Å²) in [6.07, 6.45) is 3.31. The highest BCUT2D eigenvalue weighted by Gasteiger charge is 2.42. The van der Waals surface area contributed by atoms with Gasteiger partial charge in [0.15, 0.2) is 0 Å². The van der Waals surface area contributed by atoms with Crippen LogP contribution < -0.4 is 11.1 Å². The van der Waals surface area contributed by atoms with Gasteiger partial charge in [-0.1, -0.05) is 0 Å². The summed E-state index contributed by atoms with van der Waals surface area (Å²) in [6, 6.07) is 2.93. The maximum atomic E-state index is 11.3. The van der Waals surface area contributed by atoms with Crippen molar-refractivity contribution in [1.82, 2.24) is 5.32 Å². The molecule has 2 fully saturated rings. The van der Waals surface area contributed by atoms with Gasteiger partial charge in [-0.2, -0.15) is 0 Å². The molecule has 2 aliphatic rings. The molecular weight excluding hydrogens is 248 g/mol. The molecule has 0 spiro atoms. The first kappa shape index (κ1) is 12.1. The summed E-state index contributed by atoms with van der Waals surface area (Å²) < 4.78 is 5.35. The summed E-state index contributed by atoms with van der Waals surface area (Å²) in [5, 5.41) is 5.63. The second-order valence-corrected chi connectivity index (χ2v) is 6.01. The molecule has 0 aromatic carbocycles. The van der Waals surface area contributed by atoms with E-state index in [9.17, 15) is 4.79 Å². The molecule has 0 bridgehead atoms. The van der Waals surface area contributed by atoms with Crippen LogP contribution in [0.2, 0.25) is 0 Å². The van der Waals surface area contributed by atoms with Crippen LogP contribution in [-0.4, -0.2) is 31.2 Å². The zero-order chi connectivity index (χ0) is 12.5. The van der Waals surface area contributed by atoms with E-state index in [1.165, 1.54) is 0 Å². The van der Waals surface area contributed by atoms with Crippen molar-refractivity contribution in [3.63, 3.8) is 0 Å². The van der Waals surface area contributed by atoms with Gasteiger partial charge in [0.1, 0.15) is 0 Å². The Balaban J connectivity index is 1.59. The van der Waals surface area contributed by atoms with Crippen molar-refractivity contribution in [2.75, 3.05) is 13.2 Å². The van der Waals surface area contributed by atoms with Gasteiger partial charge in [0.05, 0.1) is 5.56 Å². The lowest BCUT2D eigenvalue weighted by Crippen LogP contribution is -2.36. The minimum absolute atomic E-state index is 0.303. The van der Waals surface area contributed by atoms with Gasteiger partial charge >= 0.3 is 0 Å². The van der Waals surface area contributed by atoms with Crippen LogP contribution in [0.15, 0.2) is 11.4 Å². The van der Waals surface area contributed by atoms with E-state index in [1.807, 2.05) is 11.4 Å². The van der Waals surface area contributed by atoms with Crippen LogP contribution in [0.3, 0.4) is 0 Å². The third-order valence-corrected chi connectivity index (χ3v) is 4.81. The highest BCUT2D eigenvalue weighted by atomic mass is 32.1. The van der Waals surface area contributed by atoms with E-state index in [1.54, 1.807) is 11.3 Å². The molecule has 18 heavy (non-hydrogen) atoms. The van der Waals surface area contributed by atoms with Crippen molar-refractivity contribution < 1.29 is 9.53 Å². The Kier molecular flexibility index (Phi) is 3.37. The van der Waals surface area contributed by atoms with Crippen molar-refractivity contribution in [2.24, 2.45) is 5.73 Å². The minimum atomic E-state index is -0.303. The van der Waals surface area contributed by atoms with Gasteiger partial charge in [-0.25, -0.2) is 0 Å². The molecule has 0 radical (unpaired) electrons. The summed E-state index contributed by atoms with van der Waals surface area (Å²) in [7, 11) is 0. The van der Waals surface area contributed by atoms with E-state index in [0.717, 1.165) is 37.4 Å². The molecule has 3 N–H and O–H groups in total. The fraction of sp³-hybridized carbons (Fsp3) is 0.615. The van der Waals surface area contributed by atoms with Crippen LogP contribution in [0.1, 0.15) is 40.4 Å². The van der Waals surface area contributed by atoms with Crippen LogP contribution in [0.4, 0.5) is 0 Å². The Morgan fingerprint density at radius 1 is 1.44 bits per heavy atom. The fourth-order valence-corrected chi connectivity index (χ4v) is 3.73. The number of hydrogen-bond acceptors (Lipinski definition) is 4. The SMILES string of the molecule is NC(=O)c1ccsc1[C@@H]1C[C@H]1NC1CCOCC1. The minimum Gasteiger partial charge on any atom is -0.381 e. The number of nitrogens with two attached hydrogens (primary N) is 1. The number of rotatable bonds is 4. The molecule has 1 amide bonds. The van der Waals surface area contributed by atoms with Gasteiger partial charge in [0.2, 0.25) is 5.91 Å². The number of carbonyl (C=O) groups is 1. The molecule has 1 saturated carbocycles. The van der Waals surface area contributed by atoms with Gasteiger partial charge < -0.3 is 15.8 Å². The van der Waals surface area contributed by atoms with Crippen LogP contribution in [-0.2, 0) is 4.74 Å². The van der Waals surface area contributed by atoms with Gasteiger partial charge in [0, 0.05) is 36.1 Å². The van der Waals surface area contributed by atoms with Crippen LogP contribution >= 0.6 is 11.3 Å². The summed E-state index contributed by atoms with van der Waals surface area (Å²) in [5.41, 5.74) is 6.09. The molecule has 1 aliphatic heterocycles. The van der Waals surface area contributed by atoms with E-state index in [4.69, 9.17) is 10.5 Å². The average molecular weight is 266 g/mol. The Morgan fingerprint density at radius 2 is 2.22 bits per heavy atom. The molecule has 2 heterocycles. The van der Waals surface area contributed by atoms with Crippen molar-refractivity contribution >= 4 is 17.2 Å². The van der Waals surface area contributed by atoms with Gasteiger partial charge in [-0.3, -0.25) is 4.79 Å². The number of carbonyl (C=O) groups excluding carboxylic acids is 1. The molecule has 1 saturated heterocycles. The Morgan fingerprint density at radius 3 is 2.94 bits per heavy atom. The lowest BCUT2D eigenvalue weighted by atomic mass is 10.1. The third-order valence-electron chi connectivity index (χ3n) is 3.76. The zero-order valence-electron chi connectivity index (χ0n) is 10.2. The maximum absolute atomic E-state index is 11.3. The monoisotopic (exact) mass is 266 g/mol. The first-order valence-corrected chi connectivity index (χ1v) is 7.34. The largest absolute Gasteiger partial charge is 0.381 e. The second kappa shape index (κ2) is 4.99. The highest BCUT2D eigenvalue weighted by molar-refractivity contribution is 7.10. The van der Waals surface area contributed by atoms with Crippen molar-refractivity contribution in [2.45, 2.75) is 37.3 Å². The lowest BCUT2D eigenvalue weighted by Gasteiger charge is -2.23. The Hall–Kier alpha value is -0.910. The van der Waals surface area contributed by atoms with Crippen molar-refractivity contribution in [1.29, 1.82) is 0 Å². The molecule has 98 valence electrons. The summed E-state index contributed by atoms with van der Waals surface area (Å²) >= 11 is 1.65. The van der Waals surface area contributed by atoms with Crippen molar-refractivity contribution in [3.05, 3.63) is 21.9 Å². The van der Waals surface area contributed by atoms with E-state index in [-0.39, 0.29) is 5.91 Å². The summed E-state index contributed by atoms with van der Waals surface area (Å²) in [6.45, 7) is 1.72. The number of hydrogen-bond donors (Lipinski definition) is 2. The highest BCUT2D eigenvalue weighted by Crippen LogP contribution is 2.45. The van der Waals surface area contributed by atoms with E-state index in [2.05, 4.69) is 5.32 Å². The predicted octanol–water partition coefficient (Wildman–Crippen LogP) is 1.47. The fourth-order valence-electron chi connectivity index (χ4n) is 2.65. The Labute approximate surface area is 111 Å². The number of ether oxygens (including phenoxy) is 1.